The highest BCUT2D eigenvalue weighted by Crippen LogP contribution is 2.21. The molecule has 0 unspecified atom stereocenters. The van der Waals surface area contributed by atoms with Crippen molar-refractivity contribution in [2.24, 2.45) is 0 Å². The molecule has 150 valence electrons. The Hall–Kier alpha value is -2.62. The Kier molecular flexibility index (Phi) is 8.73. The predicted molar refractivity (Wildman–Crippen MR) is 114 cm³/mol. The summed E-state index contributed by atoms with van der Waals surface area (Å²) < 4.78 is 5.43. The van der Waals surface area contributed by atoms with Crippen LogP contribution in [0.3, 0.4) is 0 Å². The number of ether oxygens (including phenoxy) is 1. The van der Waals surface area contributed by atoms with E-state index in [0.29, 0.717) is 24.3 Å². The minimum atomic E-state index is -0.431. The van der Waals surface area contributed by atoms with Gasteiger partial charge in [-0.3, -0.25) is 4.79 Å². The Bertz CT molecular complexity index is 785. The lowest BCUT2D eigenvalue weighted by molar-refractivity contribution is 0.0494. The average Bonchev–Trinajstić information content (AvgIpc) is 2.71. The van der Waals surface area contributed by atoms with Crippen LogP contribution in [0.25, 0.3) is 0 Å². The summed E-state index contributed by atoms with van der Waals surface area (Å²) in [5.41, 5.74) is 2.61. The van der Waals surface area contributed by atoms with Crippen molar-refractivity contribution in [2.75, 3.05) is 18.1 Å². The number of unbranched alkanes of at least 4 members (excludes halogenated alkanes) is 4. The number of nitrogens with zero attached hydrogens (tertiary/aromatic N) is 1. The van der Waals surface area contributed by atoms with E-state index in [4.69, 9.17) is 4.74 Å². The summed E-state index contributed by atoms with van der Waals surface area (Å²) in [4.78, 5) is 27.4. The van der Waals surface area contributed by atoms with Gasteiger partial charge in [-0.2, -0.15) is 0 Å². The molecule has 0 heterocycles. The Morgan fingerprint density at radius 1 is 0.893 bits per heavy atom. The van der Waals surface area contributed by atoms with Gasteiger partial charge in [0, 0.05) is 12.2 Å². The Morgan fingerprint density at radius 2 is 1.61 bits per heavy atom. The van der Waals surface area contributed by atoms with Gasteiger partial charge in [0.25, 0.3) is 5.91 Å². The van der Waals surface area contributed by atoms with Crippen LogP contribution in [0.4, 0.5) is 5.69 Å². The van der Waals surface area contributed by atoms with E-state index in [0.717, 1.165) is 30.5 Å². The lowest BCUT2D eigenvalue weighted by Crippen LogP contribution is -2.32. The number of esters is 1. The molecule has 2 rings (SSSR count). The third-order valence-electron chi connectivity index (χ3n) is 4.73. The summed E-state index contributed by atoms with van der Waals surface area (Å²) in [5, 5.41) is 0. The van der Waals surface area contributed by atoms with Crippen molar-refractivity contribution in [3.8, 4) is 0 Å². The van der Waals surface area contributed by atoms with Crippen molar-refractivity contribution >= 4 is 17.6 Å². The van der Waals surface area contributed by atoms with Crippen molar-refractivity contribution in [3.05, 3.63) is 65.2 Å². The molecule has 0 spiro atoms. The maximum absolute atomic E-state index is 13.2. The zero-order valence-corrected chi connectivity index (χ0v) is 17.2. The second kappa shape index (κ2) is 11.3. The highest BCUT2D eigenvalue weighted by atomic mass is 16.5. The number of carbonyl (C=O) groups is 2. The molecule has 0 radical (unpaired) electrons. The third kappa shape index (κ3) is 5.95. The molecule has 0 fully saturated rings. The summed E-state index contributed by atoms with van der Waals surface area (Å²) in [6.07, 6.45) is 5.46. The fourth-order valence-electron chi connectivity index (χ4n) is 3.18. The summed E-state index contributed by atoms with van der Waals surface area (Å²) >= 11 is 0. The highest BCUT2D eigenvalue weighted by molar-refractivity contribution is 6.12. The number of anilines is 1. The number of carbonyl (C=O) groups excluding carboxylic acids is 2. The zero-order valence-electron chi connectivity index (χ0n) is 17.2. The summed E-state index contributed by atoms with van der Waals surface area (Å²) in [7, 11) is 0. The number of hydrogen-bond donors (Lipinski definition) is 0. The molecule has 0 aromatic heterocycles. The van der Waals surface area contributed by atoms with Gasteiger partial charge in [-0.25, -0.2) is 4.79 Å². The average molecular weight is 382 g/mol. The first kappa shape index (κ1) is 21.7. The lowest BCUT2D eigenvalue weighted by atomic mass is 10.1. The Morgan fingerprint density at radius 3 is 2.29 bits per heavy atom. The molecule has 0 saturated carbocycles. The number of rotatable bonds is 10. The fraction of sp³-hybridized carbons (Fsp3) is 0.417. The molecule has 0 aliphatic carbocycles. The van der Waals surface area contributed by atoms with Crippen LogP contribution >= 0.6 is 0 Å². The van der Waals surface area contributed by atoms with Crippen LogP contribution in [0.2, 0.25) is 0 Å². The van der Waals surface area contributed by atoms with Gasteiger partial charge in [0.15, 0.2) is 0 Å². The van der Waals surface area contributed by atoms with Crippen molar-refractivity contribution in [1.29, 1.82) is 0 Å². The molecule has 28 heavy (non-hydrogen) atoms. The maximum atomic E-state index is 13.2. The second-order valence-electron chi connectivity index (χ2n) is 6.98. The van der Waals surface area contributed by atoms with Gasteiger partial charge in [0.2, 0.25) is 0 Å². The van der Waals surface area contributed by atoms with E-state index >= 15 is 0 Å². The minimum Gasteiger partial charge on any atom is -0.462 e. The van der Waals surface area contributed by atoms with E-state index in [1.54, 1.807) is 29.2 Å². The lowest BCUT2D eigenvalue weighted by Gasteiger charge is -2.22. The molecule has 2 aromatic carbocycles. The molecular formula is C24H31NO3. The Balaban J connectivity index is 2.11. The summed E-state index contributed by atoms with van der Waals surface area (Å²) in [6, 6.07) is 14.7. The van der Waals surface area contributed by atoms with Gasteiger partial charge >= 0.3 is 5.97 Å². The van der Waals surface area contributed by atoms with E-state index in [9.17, 15) is 9.59 Å². The first-order valence-electron chi connectivity index (χ1n) is 10.2. The van der Waals surface area contributed by atoms with Gasteiger partial charge in [-0.05, 0) is 50.1 Å². The van der Waals surface area contributed by atoms with Crippen LogP contribution in [-0.2, 0) is 4.74 Å². The molecule has 0 saturated heterocycles. The van der Waals surface area contributed by atoms with Crippen molar-refractivity contribution < 1.29 is 14.3 Å². The molecule has 0 atom stereocenters. The van der Waals surface area contributed by atoms with E-state index in [-0.39, 0.29) is 5.91 Å². The first-order valence-corrected chi connectivity index (χ1v) is 10.2. The molecule has 4 heteroatoms. The van der Waals surface area contributed by atoms with Crippen LogP contribution in [0.15, 0.2) is 48.5 Å². The van der Waals surface area contributed by atoms with E-state index in [2.05, 4.69) is 6.92 Å². The molecule has 2 aromatic rings. The molecule has 1 amide bonds. The van der Waals surface area contributed by atoms with Gasteiger partial charge < -0.3 is 9.64 Å². The summed E-state index contributed by atoms with van der Waals surface area (Å²) in [6.45, 7) is 7.00. The Labute approximate surface area is 168 Å². The number of amides is 1. The van der Waals surface area contributed by atoms with Crippen LogP contribution in [-0.4, -0.2) is 25.0 Å². The van der Waals surface area contributed by atoms with Crippen LogP contribution in [0.5, 0.6) is 0 Å². The topological polar surface area (TPSA) is 46.6 Å². The van der Waals surface area contributed by atoms with Gasteiger partial charge in [-0.1, -0.05) is 56.9 Å². The predicted octanol–water partition coefficient (Wildman–Crippen LogP) is 5.79. The number of hydrogen-bond acceptors (Lipinski definition) is 3. The first-order chi connectivity index (χ1) is 13.6. The quantitative estimate of drug-likeness (QED) is 0.386. The van der Waals surface area contributed by atoms with Gasteiger partial charge in [0.1, 0.15) is 0 Å². The number of benzene rings is 2. The number of aryl methyl sites for hydroxylation is 1. The fourth-order valence-corrected chi connectivity index (χ4v) is 3.18. The van der Waals surface area contributed by atoms with Crippen LogP contribution in [0, 0.1) is 6.92 Å². The van der Waals surface area contributed by atoms with Gasteiger partial charge in [-0.15, -0.1) is 0 Å². The summed E-state index contributed by atoms with van der Waals surface area (Å²) in [5.74, 6) is -0.622. The van der Waals surface area contributed by atoms with Gasteiger partial charge in [0.05, 0.1) is 17.7 Å². The SMILES string of the molecule is CCCCCCCOC(=O)c1ccccc1C(=O)N(CC)c1cccc(C)c1. The minimum absolute atomic E-state index is 0.191. The highest BCUT2D eigenvalue weighted by Gasteiger charge is 2.22. The standard InChI is InChI=1S/C24H31NO3/c1-4-6-7-8-11-17-28-24(27)22-16-10-9-15-21(22)23(26)25(5-2)20-14-12-13-19(3)18-20/h9-10,12-16,18H,4-8,11,17H2,1-3H3. The molecule has 0 aliphatic rings. The molecular weight excluding hydrogens is 350 g/mol. The van der Waals surface area contributed by atoms with E-state index in [1.165, 1.54) is 12.8 Å². The molecule has 0 aliphatic heterocycles. The normalized spacial score (nSPS) is 10.5. The third-order valence-corrected chi connectivity index (χ3v) is 4.73. The molecule has 0 N–H and O–H groups in total. The van der Waals surface area contributed by atoms with E-state index < -0.39 is 5.97 Å². The monoisotopic (exact) mass is 381 g/mol. The zero-order chi connectivity index (χ0) is 20.4. The van der Waals surface area contributed by atoms with Crippen LogP contribution < -0.4 is 4.90 Å². The van der Waals surface area contributed by atoms with Crippen molar-refractivity contribution in [2.45, 2.75) is 52.9 Å². The second-order valence-corrected chi connectivity index (χ2v) is 6.98. The van der Waals surface area contributed by atoms with Crippen molar-refractivity contribution in [1.82, 2.24) is 0 Å². The maximum Gasteiger partial charge on any atom is 0.338 e. The van der Waals surface area contributed by atoms with E-state index in [1.807, 2.05) is 38.1 Å². The molecule has 0 bridgehead atoms. The smallest absolute Gasteiger partial charge is 0.338 e. The van der Waals surface area contributed by atoms with Crippen LogP contribution in [0.1, 0.15) is 72.2 Å². The van der Waals surface area contributed by atoms with Crippen molar-refractivity contribution in [3.63, 3.8) is 0 Å². The molecule has 4 nitrogen and oxygen atoms in total. The largest absolute Gasteiger partial charge is 0.462 e.